The van der Waals surface area contributed by atoms with Crippen LogP contribution in [-0.4, -0.2) is 69.4 Å². The number of amides is 3. The van der Waals surface area contributed by atoms with Crippen molar-refractivity contribution in [2.75, 3.05) is 19.6 Å². The Morgan fingerprint density at radius 3 is 2.34 bits per heavy atom. The fraction of sp³-hybridized carbons (Fsp3) is 0.667. The van der Waals surface area contributed by atoms with E-state index in [0.29, 0.717) is 57.3 Å². The summed E-state index contributed by atoms with van der Waals surface area (Å²) in [7, 11) is 0. The van der Waals surface area contributed by atoms with Gasteiger partial charge >= 0.3 is 0 Å². The van der Waals surface area contributed by atoms with E-state index in [-0.39, 0.29) is 11.8 Å². The van der Waals surface area contributed by atoms with Crippen LogP contribution >= 0.6 is 0 Å². The zero-order chi connectivity index (χ0) is 25.1. The zero-order valence-corrected chi connectivity index (χ0v) is 20.9. The molecule has 3 aliphatic rings. The van der Waals surface area contributed by atoms with Gasteiger partial charge in [-0.2, -0.15) is 0 Å². The molecule has 192 valence electrons. The number of piperidine rings is 1. The van der Waals surface area contributed by atoms with Crippen molar-refractivity contribution >= 4 is 17.7 Å². The molecule has 1 aromatic carbocycles. The molecule has 3 fully saturated rings. The van der Waals surface area contributed by atoms with Crippen LogP contribution in [0.3, 0.4) is 0 Å². The Labute approximate surface area is 208 Å². The van der Waals surface area contributed by atoms with Crippen LogP contribution < -0.4 is 11.1 Å². The molecule has 1 aromatic rings. The van der Waals surface area contributed by atoms with E-state index in [4.69, 9.17) is 5.73 Å². The molecule has 35 heavy (non-hydrogen) atoms. The number of hydrogen-bond acceptors (Lipinski definition) is 5. The van der Waals surface area contributed by atoms with Gasteiger partial charge in [0, 0.05) is 38.2 Å². The quantitative estimate of drug-likeness (QED) is 0.524. The van der Waals surface area contributed by atoms with Crippen molar-refractivity contribution in [1.29, 1.82) is 0 Å². The van der Waals surface area contributed by atoms with Gasteiger partial charge in [-0.05, 0) is 49.8 Å². The first-order valence-corrected chi connectivity index (χ1v) is 13.2. The van der Waals surface area contributed by atoms with E-state index < -0.39 is 23.1 Å². The number of nitrogens with one attached hydrogen (secondary N) is 1. The molecule has 1 atom stereocenters. The predicted octanol–water partition coefficient (Wildman–Crippen LogP) is 2.33. The Balaban J connectivity index is 1.44. The van der Waals surface area contributed by atoms with Crippen LogP contribution in [0.5, 0.6) is 0 Å². The van der Waals surface area contributed by atoms with Gasteiger partial charge in [-0.25, -0.2) is 0 Å². The Kier molecular flexibility index (Phi) is 7.81. The second-order valence-electron chi connectivity index (χ2n) is 10.7. The molecule has 1 aliphatic carbocycles. The fourth-order valence-electron chi connectivity index (χ4n) is 6.06. The molecule has 2 saturated heterocycles. The Bertz CT molecular complexity index is 918. The number of nitrogens with two attached hydrogens (primary N) is 1. The highest BCUT2D eigenvalue weighted by atomic mass is 16.3. The number of rotatable bonds is 8. The lowest BCUT2D eigenvalue weighted by atomic mass is 9.77. The number of carbonyl (C=O) groups excluding carboxylic acids is 3. The number of piperazine rings is 1. The van der Waals surface area contributed by atoms with Crippen molar-refractivity contribution < 1.29 is 19.5 Å². The maximum Gasteiger partial charge on any atom is 0.248 e. The SMILES string of the molecule is CCCCN1C(=O)[C@@H](CC2(O)CCCCC2)NC(=O)C12CCN(Cc1ccc(C(N)=O)cc1)CC2. The van der Waals surface area contributed by atoms with Gasteiger partial charge in [-0.15, -0.1) is 0 Å². The van der Waals surface area contributed by atoms with Gasteiger partial charge in [0.1, 0.15) is 11.6 Å². The van der Waals surface area contributed by atoms with E-state index in [9.17, 15) is 19.5 Å². The summed E-state index contributed by atoms with van der Waals surface area (Å²) in [6.45, 7) is 4.79. The first-order chi connectivity index (χ1) is 16.8. The minimum absolute atomic E-state index is 0.0347. The molecule has 4 rings (SSSR count). The summed E-state index contributed by atoms with van der Waals surface area (Å²) >= 11 is 0. The molecule has 2 heterocycles. The smallest absolute Gasteiger partial charge is 0.248 e. The van der Waals surface area contributed by atoms with Crippen molar-refractivity contribution in [1.82, 2.24) is 15.1 Å². The number of hydrogen-bond donors (Lipinski definition) is 3. The Morgan fingerprint density at radius 2 is 1.74 bits per heavy atom. The van der Waals surface area contributed by atoms with Crippen molar-refractivity contribution in [2.45, 2.75) is 94.9 Å². The minimum Gasteiger partial charge on any atom is -0.390 e. The fourth-order valence-corrected chi connectivity index (χ4v) is 6.06. The summed E-state index contributed by atoms with van der Waals surface area (Å²) in [4.78, 5) is 42.7. The summed E-state index contributed by atoms with van der Waals surface area (Å²) in [5, 5.41) is 14.1. The average Bonchev–Trinajstić information content (AvgIpc) is 2.84. The van der Waals surface area contributed by atoms with Crippen molar-refractivity contribution in [3.05, 3.63) is 35.4 Å². The summed E-state index contributed by atoms with van der Waals surface area (Å²) < 4.78 is 0. The monoisotopic (exact) mass is 484 g/mol. The molecule has 2 aliphatic heterocycles. The molecule has 0 bridgehead atoms. The first-order valence-electron chi connectivity index (χ1n) is 13.2. The van der Waals surface area contributed by atoms with E-state index in [1.54, 1.807) is 12.1 Å². The van der Waals surface area contributed by atoms with E-state index in [0.717, 1.165) is 44.2 Å². The molecule has 4 N–H and O–H groups in total. The van der Waals surface area contributed by atoms with E-state index in [1.807, 2.05) is 17.0 Å². The minimum atomic E-state index is -0.861. The number of primary amides is 1. The molecule has 0 aromatic heterocycles. The number of unbranched alkanes of at least 4 members (excludes halogenated alkanes) is 1. The summed E-state index contributed by atoms with van der Waals surface area (Å²) in [6.07, 6.45) is 7.73. The van der Waals surface area contributed by atoms with Crippen LogP contribution in [0.4, 0.5) is 0 Å². The molecule has 1 spiro atoms. The Hall–Kier alpha value is -2.45. The molecule has 0 unspecified atom stereocenters. The first kappa shape index (κ1) is 25.6. The molecule has 1 saturated carbocycles. The zero-order valence-electron chi connectivity index (χ0n) is 20.9. The Morgan fingerprint density at radius 1 is 1.09 bits per heavy atom. The van der Waals surface area contributed by atoms with Crippen LogP contribution in [0.1, 0.15) is 87.1 Å². The number of likely N-dealkylation sites (tertiary alicyclic amines) is 1. The molecular formula is C27H40N4O4. The summed E-state index contributed by atoms with van der Waals surface area (Å²) in [5.41, 5.74) is 5.23. The highest BCUT2D eigenvalue weighted by Gasteiger charge is 2.54. The van der Waals surface area contributed by atoms with Gasteiger partial charge in [0.2, 0.25) is 17.7 Å². The standard InChI is InChI=1S/C27H40N4O4/c1-2-3-15-31-24(33)22(18-26(35)11-5-4-6-12-26)29-25(34)27(31)13-16-30(17-14-27)19-20-7-9-21(10-8-20)23(28)32/h7-10,22,35H,2-6,11-19H2,1H3,(H2,28,32)(H,29,34)/t22-/m1/s1. The second kappa shape index (κ2) is 10.7. The summed E-state index contributed by atoms with van der Waals surface area (Å²) in [5.74, 6) is -0.541. The van der Waals surface area contributed by atoms with Crippen LogP contribution in [-0.2, 0) is 16.1 Å². The maximum absolute atomic E-state index is 13.7. The average molecular weight is 485 g/mol. The van der Waals surface area contributed by atoms with E-state index in [2.05, 4.69) is 17.1 Å². The largest absolute Gasteiger partial charge is 0.390 e. The van der Waals surface area contributed by atoms with Gasteiger partial charge in [0.15, 0.2) is 0 Å². The van der Waals surface area contributed by atoms with Crippen molar-refractivity contribution in [3.63, 3.8) is 0 Å². The lowest BCUT2D eigenvalue weighted by molar-refractivity contribution is -0.163. The maximum atomic E-state index is 13.7. The van der Waals surface area contributed by atoms with Crippen LogP contribution in [0.25, 0.3) is 0 Å². The predicted molar refractivity (Wildman–Crippen MR) is 133 cm³/mol. The van der Waals surface area contributed by atoms with Gasteiger partial charge < -0.3 is 21.1 Å². The number of benzene rings is 1. The lowest BCUT2D eigenvalue weighted by Gasteiger charge is -2.52. The lowest BCUT2D eigenvalue weighted by Crippen LogP contribution is -2.73. The molecule has 8 nitrogen and oxygen atoms in total. The molecular weight excluding hydrogens is 444 g/mol. The van der Waals surface area contributed by atoms with Gasteiger partial charge in [-0.1, -0.05) is 44.7 Å². The highest BCUT2D eigenvalue weighted by Crippen LogP contribution is 2.37. The molecule has 0 radical (unpaired) electrons. The third kappa shape index (κ3) is 5.54. The van der Waals surface area contributed by atoms with E-state index in [1.165, 1.54) is 0 Å². The van der Waals surface area contributed by atoms with Crippen LogP contribution in [0.15, 0.2) is 24.3 Å². The van der Waals surface area contributed by atoms with Crippen LogP contribution in [0.2, 0.25) is 0 Å². The van der Waals surface area contributed by atoms with Gasteiger partial charge in [0.05, 0.1) is 5.60 Å². The summed E-state index contributed by atoms with van der Waals surface area (Å²) in [6, 6.07) is 6.66. The van der Waals surface area contributed by atoms with E-state index >= 15 is 0 Å². The number of carbonyl (C=O) groups is 3. The van der Waals surface area contributed by atoms with Crippen molar-refractivity contribution in [2.24, 2.45) is 5.73 Å². The second-order valence-corrected chi connectivity index (χ2v) is 10.7. The normalized spacial score (nSPS) is 24.4. The highest BCUT2D eigenvalue weighted by molar-refractivity contribution is 6.00. The third-order valence-electron chi connectivity index (χ3n) is 8.24. The topological polar surface area (TPSA) is 116 Å². The van der Waals surface area contributed by atoms with Gasteiger partial charge in [-0.3, -0.25) is 19.3 Å². The number of aliphatic hydroxyl groups is 1. The molecule has 3 amide bonds. The van der Waals surface area contributed by atoms with Crippen molar-refractivity contribution in [3.8, 4) is 0 Å². The third-order valence-corrected chi connectivity index (χ3v) is 8.24. The van der Waals surface area contributed by atoms with Crippen LogP contribution in [0, 0.1) is 0 Å². The van der Waals surface area contributed by atoms with Gasteiger partial charge in [0.25, 0.3) is 0 Å². The molecule has 8 heteroatoms. The number of nitrogens with zero attached hydrogens (tertiary/aromatic N) is 2.